The van der Waals surface area contributed by atoms with Gasteiger partial charge in [0.1, 0.15) is 0 Å². The number of amides is 2. The van der Waals surface area contributed by atoms with Gasteiger partial charge in [0.2, 0.25) is 11.8 Å². The number of imide groups is 1. The summed E-state index contributed by atoms with van der Waals surface area (Å²) in [6.07, 6.45) is 2.82. The quantitative estimate of drug-likeness (QED) is 0.633. The Balaban J connectivity index is 1.87. The molecular formula is C11H12N2O2S. The molecule has 1 aliphatic heterocycles. The fourth-order valence-corrected chi connectivity index (χ4v) is 2.52. The molecule has 0 radical (unpaired) electrons. The third kappa shape index (κ3) is 2.82. The molecule has 0 aromatic carbocycles. The number of nitrogens with one attached hydrogen (secondary N) is 1. The first kappa shape index (κ1) is 11.1. The van der Waals surface area contributed by atoms with E-state index >= 15 is 0 Å². The number of thioether (sulfide) groups is 1. The summed E-state index contributed by atoms with van der Waals surface area (Å²) < 4.78 is 0. The van der Waals surface area contributed by atoms with Gasteiger partial charge in [-0.1, -0.05) is 6.07 Å². The smallest absolute Gasteiger partial charge is 0.230 e. The minimum Gasteiger partial charge on any atom is -0.296 e. The van der Waals surface area contributed by atoms with Crippen LogP contribution in [0.5, 0.6) is 0 Å². The summed E-state index contributed by atoms with van der Waals surface area (Å²) in [5.41, 5.74) is 0. The molecule has 0 saturated carbocycles. The maximum atomic E-state index is 11.5. The van der Waals surface area contributed by atoms with Crippen LogP contribution < -0.4 is 5.32 Å². The number of aromatic nitrogens is 1. The Morgan fingerprint density at radius 2 is 2.31 bits per heavy atom. The molecule has 1 aromatic heterocycles. The van der Waals surface area contributed by atoms with Gasteiger partial charge >= 0.3 is 0 Å². The van der Waals surface area contributed by atoms with Crippen LogP contribution in [0.1, 0.15) is 12.8 Å². The van der Waals surface area contributed by atoms with Gasteiger partial charge in [0.05, 0.1) is 5.03 Å². The SMILES string of the molecule is O=C1CCC(CSc2ccccn2)C(=O)N1. The van der Waals surface area contributed by atoms with Crippen LogP contribution in [-0.4, -0.2) is 22.6 Å². The molecule has 1 unspecified atom stereocenters. The molecule has 2 amide bonds. The van der Waals surface area contributed by atoms with Gasteiger partial charge in [0.25, 0.3) is 0 Å². The highest BCUT2D eigenvalue weighted by molar-refractivity contribution is 7.99. The number of hydrogen-bond donors (Lipinski definition) is 1. The fourth-order valence-electron chi connectivity index (χ4n) is 1.52. The number of rotatable bonds is 3. The van der Waals surface area contributed by atoms with E-state index in [1.54, 1.807) is 18.0 Å². The molecule has 2 rings (SSSR count). The Bertz CT molecular complexity index is 394. The lowest BCUT2D eigenvalue weighted by Gasteiger charge is -2.19. The maximum Gasteiger partial charge on any atom is 0.230 e. The van der Waals surface area contributed by atoms with E-state index in [9.17, 15) is 9.59 Å². The highest BCUT2D eigenvalue weighted by Crippen LogP contribution is 2.22. The zero-order chi connectivity index (χ0) is 11.4. The zero-order valence-corrected chi connectivity index (χ0v) is 9.50. The molecular weight excluding hydrogens is 224 g/mol. The largest absolute Gasteiger partial charge is 0.296 e. The molecule has 0 spiro atoms. The van der Waals surface area contributed by atoms with Gasteiger partial charge in [-0.3, -0.25) is 14.9 Å². The summed E-state index contributed by atoms with van der Waals surface area (Å²) in [5, 5.41) is 3.26. The second-order valence-corrected chi connectivity index (χ2v) is 4.67. The summed E-state index contributed by atoms with van der Waals surface area (Å²) in [6.45, 7) is 0. The van der Waals surface area contributed by atoms with Crippen molar-refractivity contribution in [3.05, 3.63) is 24.4 Å². The van der Waals surface area contributed by atoms with Crippen LogP contribution >= 0.6 is 11.8 Å². The third-order valence-corrected chi connectivity index (χ3v) is 3.53. The van der Waals surface area contributed by atoms with E-state index < -0.39 is 0 Å². The van der Waals surface area contributed by atoms with Crippen molar-refractivity contribution >= 4 is 23.6 Å². The summed E-state index contributed by atoms with van der Waals surface area (Å²) in [5.74, 6) is 0.282. The molecule has 1 fully saturated rings. The Kier molecular flexibility index (Phi) is 3.56. The number of carbonyl (C=O) groups is 2. The Labute approximate surface area is 97.8 Å². The van der Waals surface area contributed by atoms with E-state index in [4.69, 9.17) is 0 Å². The molecule has 0 bridgehead atoms. The molecule has 0 aliphatic carbocycles. The first-order valence-electron chi connectivity index (χ1n) is 5.13. The minimum absolute atomic E-state index is 0.0790. The van der Waals surface area contributed by atoms with Gasteiger partial charge in [0, 0.05) is 24.3 Å². The summed E-state index contributed by atoms with van der Waals surface area (Å²) >= 11 is 1.55. The van der Waals surface area contributed by atoms with Crippen molar-refractivity contribution in [3.8, 4) is 0 Å². The molecule has 5 heteroatoms. The summed E-state index contributed by atoms with van der Waals surface area (Å²) in [7, 11) is 0. The van der Waals surface area contributed by atoms with Crippen molar-refractivity contribution in [1.29, 1.82) is 0 Å². The number of piperidine rings is 1. The van der Waals surface area contributed by atoms with Crippen molar-refractivity contribution in [2.75, 3.05) is 5.75 Å². The van der Waals surface area contributed by atoms with Gasteiger partial charge in [0.15, 0.2) is 0 Å². The summed E-state index contributed by atoms with van der Waals surface area (Å²) in [6, 6.07) is 5.69. The van der Waals surface area contributed by atoms with E-state index in [-0.39, 0.29) is 17.7 Å². The molecule has 1 saturated heterocycles. The van der Waals surface area contributed by atoms with Crippen LogP contribution in [0, 0.1) is 5.92 Å². The topological polar surface area (TPSA) is 59.1 Å². The predicted octanol–water partition coefficient (Wildman–Crippen LogP) is 1.23. The third-order valence-electron chi connectivity index (χ3n) is 2.42. The van der Waals surface area contributed by atoms with Crippen LogP contribution in [0.4, 0.5) is 0 Å². The number of nitrogens with zero attached hydrogens (tertiary/aromatic N) is 1. The minimum atomic E-state index is -0.163. The van der Waals surface area contributed by atoms with E-state index in [1.807, 2.05) is 18.2 Å². The van der Waals surface area contributed by atoms with Crippen molar-refractivity contribution in [2.24, 2.45) is 5.92 Å². The molecule has 1 aromatic rings. The molecule has 84 valence electrons. The van der Waals surface area contributed by atoms with E-state index in [1.165, 1.54) is 0 Å². The number of carbonyl (C=O) groups excluding carboxylic acids is 2. The predicted molar refractivity (Wildman–Crippen MR) is 60.8 cm³/mol. The first-order chi connectivity index (χ1) is 7.75. The highest BCUT2D eigenvalue weighted by atomic mass is 32.2. The van der Waals surface area contributed by atoms with Crippen LogP contribution in [0.15, 0.2) is 29.4 Å². The van der Waals surface area contributed by atoms with Crippen molar-refractivity contribution in [1.82, 2.24) is 10.3 Å². The fraction of sp³-hybridized carbons (Fsp3) is 0.364. The lowest BCUT2D eigenvalue weighted by atomic mass is 10.0. The maximum absolute atomic E-state index is 11.5. The van der Waals surface area contributed by atoms with Crippen molar-refractivity contribution in [3.63, 3.8) is 0 Å². The average molecular weight is 236 g/mol. The Morgan fingerprint density at radius 3 is 3.00 bits per heavy atom. The van der Waals surface area contributed by atoms with E-state index in [2.05, 4.69) is 10.3 Å². The highest BCUT2D eigenvalue weighted by Gasteiger charge is 2.26. The molecule has 1 atom stereocenters. The lowest BCUT2D eigenvalue weighted by molar-refractivity contribution is -0.135. The standard InChI is InChI=1S/C11H12N2O2S/c14-9-5-4-8(11(15)13-9)7-16-10-3-1-2-6-12-10/h1-3,6,8H,4-5,7H2,(H,13,14,15). The normalized spacial score (nSPS) is 20.6. The monoisotopic (exact) mass is 236 g/mol. The van der Waals surface area contributed by atoms with E-state index in [0.29, 0.717) is 18.6 Å². The van der Waals surface area contributed by atoms with Crippen molar-refractivity contribution in [2.45, 2.75) is 17.9 Å². The van der Waals surface area contributed by atoms with Gasteiger partial charge < -0.3 is 0 Å². The molecule has 1 aliphatic rings. The van der Waals surface area contributed by atoms with Crippen LogP contribution in [-0.2, 0) is 9.59 Å². The summed E-state index contributed by atoms with van der Waals surface area (Å²) in [4.78, 5) is 26.6. The first-order valence-corrected chi connectivity index (χ1v) is 6.12. The second-order valence-electron chi connectivity index (χ2n) is 3.63. The zero-order valence-electron chi connectivity index (χ0n) is 8.68. The van der Waals surface area contributed by atoms with E-state index in [0.717, 1.165) is 5.03 Å². The second kappa shape index (κ2) is 5.12. The van der Waals surface area contributed by atoms with Gasteiger partial charge in [-0.2, -0.15) is 0 Å². The molecule has 4 nitrogen and oxygen atoms in total. The number of pyridine rings is 1. The van der Waals surface area contributed by atoms with Crippen LogP contribution in [0.3, 0.4) is 0 Å². The Hall–Kier alpha value is -1.36. The van der Waals surface area contributed by atoms with Gasteiger partial charge in [-0.15, -0.1) is 11.8 Å². The molecule has 16 heavy (non-hydrogen) atoms. The van der Waals surface area contributed by atoms with Crippen molar-refractivity contribution < 1.29 is 9.59 Å². The average Bonchev–Trinajstić information content (AvgIpc) is 2.29. The lowest BCUT2D eigenvalue weighted by Crippen LogP contribution is -2.41. The molecule has 1 N–H and O–H groups in total. The van der Waals surface area contributed by atoms with Gasteiger partial charge in [-0.25, -0.2) is 4.98 Å². The van der Waals surface area contributed by atoms with Gasteiger partial charge in [-0.05, 0) is 18.6 Å². The van der Waals surface area contributed by atoms with Crippen LogP contribution in [0.2, 0.25) is 0 Å². The van der Waals surface area contributed by atoms with Crippen LogP contribution in [0.25, 0.3) is 0 Å². The number of hydrogen-bond acceptors (Lipinski definition) is 4. The molecule has 2 heterocycles. The Morgan fingerprint density at radius 1 is 1.44 bits per heavy atom.